The SMILES string of the molecule is OCC1OC(c2cc(Cc3ccc(C(F)F)cc3)c(Cl)c3c2CCO3)[C@H](O)C(O)[C@@H]1O. The van der Waals surface area contributed by atoms with Crippen LogP contribution in [0.5, 0.6) is 5.75 Å². The van der Waals surface area contributed by atoms with Crippen LogP contribution in [0.4, 0.5) is 8.78 Å². The number of aliphatic hydroxyl groups is 4. The topological polar surface area (TPSA) is 99.4 Å². The Labute approximate surface area is 182 Å². The number of rotatable bonds is 5. The summed E-state index contributed by atoms with van der Waals surface area (Å²) in [5.74, 6) is 0.454. The van der Waals surface area contributed by atoms with Crippen molar-refractivity contribution < 1.29 is 38.7 Å². The molecule has 0 radical (unpaired) electrons. The highest BCUT2D eigenvalue weighted by atomic mass is 35.5. The van der Waals surface area contributed by atoms with Crippen LogP contribution in [0.1, 0.15) is 40.3 Å². The minimum Gasteiger partial charge on any atom is -0.491 e. The second-order valence-electron chi connectivity index (χ2n) is 7.81. The third kappa shape index (κ3) is 4.16. The molecular weight excluding hydrogens is 434 g/mol. The highest BCUT2D eigenvalue weighted by Crippen LogP contribution is 2.44. The van der Waals surface area contributed by atoms with E-state index in [-0.39, 0.29) is 5.56 Å². The average Bonchev–Trinajstić information content (AvgIpc) is 3.25. The van der Waals surface area contributed by atoms with Gasteiger partial charge in [-0.15, -0.1) is 0 Å². The maximum absolute atomic E-state index is 12.8. The van der Waals surface area contributed by atoms with E-state index in [0.29, 0.717) is 41.3 Å². The van der Waals surface area contributed by atoms with Crippen LogP contribution in [0.15, 0.2) is 30.3 Å². The molecule has 0 bridgehead atoms. The highest BCUT2D eigenvalue weighted by Gasteiger charge is 2.45. The maximum atomic E-state index is 12.8. The molecule has 1 saturated heterocycles. The van der Waals surface area contributed by atoms with Crippen LogP contribution in [0.25, 0.3) is 0 Å². The fraction of sp³-hybridized carbons (Fsp3) is 0.455. The van der Waals surface area contributed by atoms with Crippen molar-refractivity contribution in [3.8, 4) is 5.75 Å². The summed E-state index contributed by atoms with van der Waals surface area (Å²) in [4.78, 5) is 0. The molecule has 5 atom stereocenters. The molecule has 1 fully saturated rings. The molecule has 0 aromatic heterocycles. The molecular formula is C22H23ClF2O6. The normalized spacial score (nSPS) is 27.9. The molecule has 168 valence electrons. The zero-order valence-electron chi connectivity index (χ0n) is 16.4. The van der Waals surface area contributed by atoms with E-state index in [1.165, 1.54) is 12.1 Å². The Morgan fingerprint density at radius 3 is 2.42 bits per heavy atom. The third-order valence-corrected chi connectivity index (χ3v) is 6.27. The first-order valence-corrected chi connectivity index (χ1v) is 10.3. The Kier molecular flexibility index (Phi) is 6.48. The van der Waals surface area contributed by atoms with Crippen LogP contribution >= 0.6 is 11.6 Å². The number of ether oxygens (including phenoxy) is 2. The number of alkyl halides is 2. The highest BCUT2D eigenvalue weighted by molar-refractivity contribution is 6.33. The van der Waals surface area contributed by atoms with Gasteiger partial charge >= 0.3 is 0 Å². The van der Waals surface area contributed by atoms with Gasteiger partial charge in [0.2, 0.25) is 0 Å². The zero-order chi connectivity index (χ0) is 22.3. The summed E-state index contributed by atoms with van der Waals surface area (Å²) in [6.07, 6.45) is -8.15. The van der Waals surface area contributed by atoms with E-state index >= 15 is 0 Å². The van der Waals surface area contributed by atoms with E-state index in [0.717, 1.165) is 11.1 Å². The van der Waals surface area contributed by atoms with Gasteiger partial charge in [-0.3, -0.25) is 0 Å². The monoisotopic (exact) mass is 456 g/mol. The summed E-state index contributed by atoms with van der Waals surface area (Å²) in [5.41, 5.74) is 2.59. The Morgan fingerprint density at radius 2 is 1.77 bits per heavy atom. The maximum Gasteiger partial charge on any atom is 0.263 e. The van der Waals surface area contributed by atoms with Crippen molar-refractivity contribution in [2.24, 2.45) is 0 Å². The number of halogens is 3. The van der Waals surface area contributed by atoms with E-state index < -0.39 is 43.6 Å². The van der Waals surface area contributed by atoms with Gasteiger partial charge < -0.3 is 29.9 Å². The van der Waals surface area contributed by atoms with Gasteiger partial charge in [-0.25, -0.2) is 8.78 Å². The number of hydrogen-bond donors (Lipinski definition) is 4. The molecule has 2 aliphatic heterocycles. The van der Waals surface area contributed by atoms with Gasteiger partial charge in [0, 0.05) is 17.5 Å². The molecule has 0 spiro atoms. The Hall–Kier alpha value is -1.81. The zero-order valence-corrected chi connectivity index (χ0v) is 17.2. The van der Waals surface area contributed by atoms with Crippen LogP contribution in [-0.2, 0) is 17.6 Å². The van der Waals surface area contributed by atoms with E-state index in [9.17, 15) is 29.2 Å². The van der Waals surface area contributed by atoms with Crippen LogP contribution in [0.2, 0.25) is 5.02 Å². The number of benzene rings is 2. The van der Waals surface area contributed by atoms with Gasteiger partial charge in [-0.05, 0) is 23.1 Å². The smallest absolute Gasteiger partial charge is 0.263 e. The van der Waals surface area contributed by atoms with E-state index in [1.54, 1.807) is 18.2 Å². The predicted molar refractivity (Wildman–Crippen MR) is 108 cm³/mol. The molecule has 2 aromatic rings. The summed E-state index contributed by atoms with van der Waals surface area (Å²) in [6, 6.07) is 7.65. The fourth-order valence-corrected chi connectivity index (χ4v) is 4.44. The molecule has 31 heavy (non-hydrogen) atoms. The Bertz CT molecular complexity index is 937. The lowest BCUT2D eigenvalue weighted by molar-refractivity contribution is -0.231. The van der Waals surface area contributed by atoms with Gasteiger partial charge in [-0.2, -0.15) is 0 Å². The van der Waals surface area contributed by atoms with Crippen molar-refractivity contribution in [1.29, 1.82) is 0 Å². The predicted octanol–water partition coefficient (Wildman–Crippen LogP) is 2.32. The van der Waals surface area contributed by atoms with E-state index in [4.69, 9.17) is 21.1 Å². The standard InChI is InChI=1S/C22H23ClF2O6/c23-16-12(7-10-1-3-11(4-2-10)22(24)25)8-14(13-5-6-30-20(13)16)21-19(29)18(28)17(27)15(9-26)31-21/h1-4,8,15,17-19,21-22,26-29H,5-7,9H2/t15?,17-,18?,19-,21?/m1/s1. The first kappa shape index (κ1) is 22.4. The fourth-order valence-electron chi connectivity index (χ4n) is 4.15. The lowest BCUT2D eigenvalue weighted by atomic mass is 9.87. The largest absolute Gasteiger partial charge is 0.491 e. The quantitative estimate of drug-likeness (QED) is 0.551. The molecule has 2 heterocycles. The number of aliphatic hydroxyl groups excluding tert-OH is 4. The Morgan fingerprint density at radius 1 is 1.06 bits per heavy atom. The number of fused-ring (bicyclic) bond motifs is 1. The molecule has 4 N–H and O–H groups in total. The van der Waals surface area contributed by atoms with Gasteiger partial charge in [-0.1, -0.05) is 41.9 Å². The minimum atomic E-state index is -2.55. The molecule has 3 unspecified atom stereocenters. The summed E-state index contributed by atoms with van der Waals surface area (Å²) < 4.78 is 37.1. The third-order valence-electron chi connectivity index (χ3n) is 5.86. The molecule has 2 aliphatic rings. The molecule has 4 rings (SSSR count). The first-order chi connectivity index (χ1) is 14.8. The van der Waals surface area contributed by atoms with Gasteiger partial charge in [0.25, 0.3) is 6.43 Å². The van der Waals surface area contributed by atoms with E-state index in [1.807, 2.05) is 0 Å². The summed E-state index contributed by atoms with van der Waals surface area (Å²) in [5, 5.41) is 40.7. The first-order valence-electron chi connectivity index (χ1n) is 9.96. The summed E-state index contributed by atoms with van der Waals surface area (Å²) in [6.45, 7) is -0.150. The van der Waals surface area contributed by atoms with Crippen LogP contribution < -0.4 is 4.74 Å². The second-order valence-corrected chi connectivity index (χ2v) is 8.19. The lowest BCUT2D eigenvalue weighted by Gasteiger charge is -2.40. The molecule has 0 aliphatic carbocycles. The van der Waals surface area contributed by atoms with Gasteiger partial charge in [0.1, 0.15) is 36.3 Å². The van der Waals surface area contributed by atoms with Crippen molar-refractivity contribution in [1.82, 2.24) is 0 Å². The molecule has 9 heteroatoms. The van der Waals surface area contributed by atoms with Crippen LogP contribution in [0.3, 0.4) is 0 Å². The molecule has 0 amide bonds. The minimum absolute atomic E-state index is 0.0749. The van der Waals surface area contributed by atoms with E-state index in [2.05, 4.69) is 0 Å². The number of hydrogen-bond acceptors (Lipinski definition) is 6. The molecule has 6 nitrogen and oxygen atoms in total. The van der Waals surface area contributed by atoms with Gasteiger partial charge in [0.05, 0.1) is 18.2 Å². The van der Waals surface area contributed by atoms with Crippen molar-refractivity contribution in [3.05, 3.63) is 63.2 Å². The Balaban J connectivity index is 1.71. The second kappa shape index (κ2) is 8.97. The van der Waals surface area contributed by atoms with Crippen LogP contribution in [-0.4, -0.2) is 58.1 Å². The average molecular weight is 457 g/mol. The van der Waals surface area contributed by atoms with Crippen molar-refractivity contribution in [2.45, 2.75) is 49.8 Å². The van der Waals surface area contributed by atoms with Crippen molar-refractivity contribution >= 4 is 11.6 Å². The van der Waals surface area contributed by atoms with Crippen LogP contribution in [0, 0.1) is 0 Å². The molecule has 2 aromatic carbocycles. The molecule has 0 saturated carbocycles. The lowest BCUT2D eigenvalue weighted by Crippen LogP contribution is -2.55. The summed E-state index contributed by atoms with van der Waals surface area (Å²) in [7, 11) is 0. The summed E-state index contributed by atoms with van der Waals surface area (Å²) >= 11 is 6.56. The van der Waals surface area contributed by atoms with Crippen molar-refractivity contribution in [2.75, 3.05) is 13.2 Å². The van der Waals surface area contributed by atoms with Gasteiger partial charge in [0.15, 0.2) is 0 Å². The van der Waals surface area contributed by atoms with Crippen molar-refractivity contribution in [3.63, 3.8) is 0 Å².